The van der Waals surface area contributed by atoms with Gasteiger partial charge in [0.25, 0.3) is 0 Å². The predicted molar refractivity (Wildman–Crippen MR) is 237 cm³/mol. The molecule has 0 atom stereocenters. The Balaban J connectivity index is 1.10. The van der Waals surface area contributed by atoms with Gasteiger partial charge >= 0.3 is 0 Å². The molecule has 0 aliphatic rings. The van der Waals surface area contributed by atoms with Crippen LogP contribution in [0.5, 0.6) is 0 Å². The molecule has 6 nitrogen and oxygen atoms in total. The Morgan fingerprint density at radius 3 is 1.79 bits per heavy atom. The van der Waals surface area contributed by atoms with Crippen molar-refractivity contribution in [3.05, 3.63) is 199 Å². The van der Waals surface area contributed by atoms with Crippen molar-refractivity contribution < 1.29 is 4.42 Å². The largest absolute Gasteiger partial charge is 0.456 e. The van der Waals surface area contributed by atoms with Crippen molar-refractivity contribution in [1.29, 1.82) is 0 Å². The summed E-state index contributed by atoms with van der Waals surface area (Å²) in [6, 6.07) is 65.2. The smallest absolute Gasteiger partial charge is 0.207 e. The summed E-state index contributed by atoms with van der Waals surface area (Å²) in [6.45, 7) is 0.361. The summed E-state index contributed by atoms with van der Waals surface area (Å²) in [7, 11) is 0. The van der Waals surface area contributed by atoms with Gasteiger partial charge in [0.05, 0.1) is 39.7 Å². The van der Waals surface area contributed by atoms with Crippen LogP contribution in [0.1, 0.15) is 11.1 Å². The minimum atomic E-state index is 0.352. The second-order valence-corrected chi connectivity index (χ2v) is 14.3. The van der Waals surface area contributed by atoms with E-state index in [9.17, 15) is 0 Å². The molecule has 57 heavy (non-hydrogen) atoms. The quantitative estimate of drug-likeness (QED) is 0.141. The molecule has 3 aromatic heterocycles. The van der Waals surface area contributed by atoms with Crippen LogP contribution in [0, 0.1) is 0 Å². The number of hydrogen-bond acceptors (Lipinski definition) is 2. The molecule has 11 aromatic rings. The van der Waals surface area contributed by atoms with Crippen LogP contribution in [-0.2, 0) is 6.54 Å². The number of nitrogens with two attached hydrogens (primary N) is 1. The van der Waals surface area contributed by atoms with Crippen LogP contribution in [0.15, 0.2) is 202 Å². The molecule has 0 spiro atoms. The van der Waals surface area contributed by atoms with Gasteiger partial charge in [0.1, 0.15) is 11.2 Å². The zero-order valence-corrected chi connectivity index (χ0v) is 30.9. The van der Waals surface area contributed by atoms with Crippen molar-refractivity contribution >= 4 is 77.3 Å². The molecule has 0 saturated heterocycles. The van der Waals surface area contributed by atoms with E-state index in [0.29, 0.717) is 18.3 Å². The van der Waals surface area contributed by atoms with E-state index in [4.69, 9.17) is 20.1 Å². The molecular weight excluding hydrogens is 699 g/mol. The molecule has 0 radical (unpaired) electrons. The highest BCUT2D eigenvalue weighted by atomic mass is 16.3. The van der Waals surface area contributed by atoms with Crippen LogP contribution < -0.4 is 5.73 Å². The molecular formula is C51H35N5O. The van der Waals surface area contributed by atoms with Crippen molar-refractivity contribution in [3.63, 3.8) is 0 Å². The molecule has 2 N–H and O–H groups in total. The van der Waals surface area contributed by atoms with E-state index in [2.05, 4.69) is 138 Å². The number of aromatic nitrogens is 2. The SMILES string of the molecule is N/C(=N\C(=N/Cc1cccc2oc3cccc(-n4c5ccccc5c5ccc(-c6ccccc6)cc54)c3c12)c1ccccc1)n1c2ccccc2c2ccccc21. The van der Waals surface area contributed by atoms with Crippen molar-refractivity contribution in [1.82, 2.24) is 9.13 Å². The number of furan rings is 1. The normalized spacial score (nSPS) is 12.6. The third kappa shape index (κ3) is 5.34. The maximum atomic E-state index is 6.95. The Kier molecular flexibility index (Phi) is 7.60. The first-order valence-electron chi connectivity index (χ1n) is 19.2. The number of para-hydroxylation sites is 3. The molecule has 0 saturated carbocycles. The number of rotatable bonds is 5. The van der Waals surface area contributed by atoms with Gasteiger partial charge < -0.3 is 14.7 Å². The number of nitrogens with zero attached hydrogens (tertiary/aromatic N) is 4. The van der Waals surface area contributed by atoms with Crippen molar-refractivity contribution in [2.24, 2.45) is 15.7 Å². The van der Waals surface area contributed by atoms with Gasteiger partial charge in [-0.1, -0.05) is 146 Å². The summed E-state index contributed by atoms with van der Waals surface area (Å²) in [6.07, 6.45) is 0. The van der Waals surface area contributed by atoms with Gasteiger partial charge in [-0.15, -0.1) is 0 Å². The Hall–Kier alpha value is -7.70. The summed E-state index contributed by atoms with van der Waals surface area (Å²) in [4.78, 5) is 10.3. The fraction of sp³-hybridized carbons (Fsp3) is 0.0196. The lowest BCUT2D eigenvalue weighted by Crippen LogP contribution is -2.24. The summed E-state index contributed by atoms with van der Waals surface area (Å²) in [5, 5.41) is 6.72. The topological polar surface area (TPSA) is 73.7 Å². The average molecular weight is 734 g/mol. The minimum Gasteiger partial charge on any atom is -0.456 e. The van der Waals surface area contributed by atoms with Gasteiger partial charge in [-0.2, -0.15) is 4.99 Å². The monoisotopic (exact) mass is 733 g/mol. The second kappa shape index (κ2) is 13.3. The molecule has 0 bridgehead atoms. The fourth-order valence-electron chi connectivity index (χ4n) is 8.54. The van der Waals surface area contributed by atoms with Crippen molar-refractivity contribution in [2.75, 3.05) is 0 Å². The average Bonchev–Trinajstić information content (AvgIpc) is 3.94. The standard InChI is InChI=1S/C51H35N5O/c52-51(56-42-24-11-8-20-37(42)38-21-9-12-25-43(38)56)54-50(34-17-5-2-6-18-34)53-32-36-19-13-27-46-48(36)49-44(26-14-28-47(49)57-46)55-41-23-10-7-22-39(41)40-30-29-35(31-45(40)55)33-15-3-1-4-16-33/h1-31H,32H2,(H2,52,53,54). The van der Waals surface area contributed by atoms with Gasteiger partial charge in [0.2, 0.25) is 5.96 Å². The first-order valence-corrected chi connectivity index (χ1v) is 19.2. The van der Waals surface area contributed by atoms with E-state index in [0.717, 1.165) is 71.6 Å². The number of benzene rings is 8. The fourth-order valence-corrected chi connectivity index (χ4v) is 8.54. The van der Waals surface area contributed by atoms with Gasteiger partial charge in [-0.25, -0.2) is 0 Å². The van der Waals surface area contributed by atoms with E-state index in [1.54, 1.807) is 0 Å². The van der Waals surface area contributed by atoms with Gasteiger partial charge in [0.15, 0.2) is 5.84 Å². The van der Waals surface area contributed by atoms with Crippen molar-refractivity contribution in [2.45, 2.75) is 6.54 Å². The molecule has 270 valence electrons. The Bertz CT molecular complexity index is 3330. The molecule has 6 heteroatoms. The number of fused-ring (bicyclic) bond motifs is 9. The van der Waals surface area contributed by atoms with Crippen LogP contribution in [-0.4, -0.2) is 20.9 Å². The summed E-state index contributed by atoms with van der Waals surface area (Å²) in [5.74, 6) is 0.904. The third-order valence-corrected chi connectivity index (χ3v) is 11.1. The van der Waals surface area contributed by atoms with Crippen LogP contribution >= 0.6 is 0 Å². The lowest BCUT2D eigenvalue weighted by molar-refractivity contribution is 0.668. The van der Waals surface area contributed by atoms with E-state index in [1.807, 2.05) is 59.2 Å². The Morgan fingerprint density at radius 2 is 1.07 bits per heavy atom. The molecule has 8 aromatic carbocycles. The van der Waals surface area contributed by atoms with Gasteiger partial charge in [0, 0.05) is 32.5 Å². The predicted octanol–water partition coefficient (Wildman–Crippen LogP) is 12.3. The molecule has 0 aliphatic carbocycles. The van der Waals surface area contributed by atoms with Gasteiger partial charge in [-0.05, 0) is 59.2 Å². The summed E-state index contributed by atoms with van der Waals surface area (Å²) < 4.78 is 11.0. The van der Waals surface area contributed by atoms with Crippen LogP contribution in [0.2, 0.25) is 0 Å². The van der Waals surface area contributed by atoms with Gasteiger partial charge in [-0.3, -0.25) is 9.56 Å². The Morgan fingerprint density at radius 1 is 0.491 bits per heavy atom. The minimum absolute atomic E-state index is 0.352. The third-order valence-electron chi connectivity index (χ3n) is 11.1. The molecule has 0 aliphatic heterocycles. The highest BCUT2D eigenvalue weighted by Gasteiger charge is 2.20. The summed E-state index contributed by atoms with van der Waals surface area (Å²) in [5.41, 5.74) is 18.2. The molecule has 0 amide bonds. The van der Waals surface area contributed by atoms with Crippen molar-refractivity contribution in [3.8, 4) is 16.8 Å². The molecule has 0 unspecified atom stereocenters. The van der Waals surface area contributed by atoms with Crippen LogP contribution in [0.25, 0.3) is 82.4 Å². The maximum absolute atomic E-state index is 6.95. The lowest BCUT2D eigenvalue weighted by Gasteiger charge is -2.12. The molecule has 11 rings (SSSR count). The second-order valence-electron chi connectivity index (χ2n) is 14.3. The lowest BCUT2D eigenvalue weighted by atomic mass is 10.0. The zero-order valence-electron chi connectivity index (χ0n) is 30.9. The highest BCUT2D eigenvalue weighted by molar-refractivity contribution is 6.17. The first kappa shape index (κ1) is 32.7. The Labute approximate surface area is 328 Å². The van der Waals surface area contributed by atoms with E-state index in [-0.39, 0.29) is 0 Å². The maximum Gasteiger partial charge on any atom is 0.207 e. The zero-order chi connectivity index (χ0) is 37.9. The number of hydrogen-bond donors (Lipinski definition) is 1. The highest BCUT2D eigenvalue weighted by Crippen LogP contribution is 2.41. The molecule has 0 fully saturated rings. The van der Waals surface area contributed by atoms with Crippen LogP contribution in [0.3, 0.4) is 0 Å². The molecule has 3 heterocycles. The summed E-state index contributed by atoms with van der Waals surface area (Å²) >= 11 is 0. The van der Waals surface area contributed by atoms with E-state index >= 15 is 0 Å². The van der Waals surface area contributed by atoms with Crippen LogP contribution in [0.4, 0.5) is 0 Å². The number of amidine groups is 1. The first-order chi connectivity index (χ1) is 28.2. The van der Waals surface area contributed by atoms with E-state index in [1.165, 1.54) is 21.9 Å². The number of aliphatic imine (C=N–C) groups is 2. The van der Waals surface area contributed by atoms with E-state index < -0.39 is 0 Å².